The van der Waals surface area contributed by atoms with Gasteiger partial charge in [-0.2, -0.15) is 0 Å². The molecule has 2 unspecified atom stereocenters. The summed E-state index contributed by atoms with van der Waals surface area (Å²) >= 11 is 0. The summed E-state index contributed by atoms with van der Waals surface area (Å²) in [5.41, 5.74) is 4.76. The van der Waals surface area contributed by atoms with E-state index >= 15 is 0 Å². The van der Waals surface area contributed by atoms with Crippen LogP contribution in [0.2, 0.25) is 0 Å². The molecule has 0 saturated heterocycles. The molecule has 16 heavy (non-hydrogen) atoms. The Kier molecular flexibility index (Phi) is 3.30. The number of nitrogens with two attached hydrogens (primary N) is 1. The van der Waals surface area contributed by atoms with E-state index in [4.69, 9.17) is 10.8 Å². The second-order valence-corrected chi connectivity index (χ2v) is 4.18. The number of ketones is 1. The zero-order valence-electron chi connectivity index (χ0n) is 9.23. The highest BCUT2D eigenvalue weighted by atomic mass is 16.4. The molecule has 0 radical (unpaired) electrons. The molecule has 0 bridgehead atoms. The monoisotopic (exact) mass is 225 g/mol. The summed E-state index contributed by atoms with van der Waals surface area (Å²) < 4.78 is 0. The van der Waals surface area contributed by atoms with Gasteiger partial charge in [0.2, 0.25) is 0 Å². The SMILES string of the molecule is CC1=CC(C)(O)C(=O)C(CC(N)C(=O)O)=C1. The molecule has 1 aliphatic rings. The molecule has 0 amide bonds. The summed E-state index contributed by atoms with van der Waals surface area (Å²) in [4.78, 5) is 22.3. The number of carbonyl (C=O) groups is 2. The molecule has 88 valence electrons. The second kappa shape index (κ2) is 4.19. The van der Waals surface area contributed by atoms with Gasteiger partial charge < -0.3 is 15.9 Å². The van der Waals surface area contributed by atoms with Crippen LogP contribution in [0.4, 0.5) is 0 Å². The molecule has 0 heterocycles. The predicted molar refractivity (Wildman–Crippen MR) is 57.7 cm³/mol. The number of carboxylic acids is 1. The van der Waals surface area contributed by atoms with Gasteiger partial charge in [0.15, 0.2) is 5.78 Å². The largest absolute Gasteiger partial charge is 0.480 e. The van der Waals surface area contributed by atoms with E-state index in [1.165, 1.54) is 13.0 Å². The van der Waals surface area contributed by atoms with Crippen molar-refractivity contribution in [2.24, 2.45) is 5.73 Å². The lowest BCUT2D eigenvalue weighted by Crippen LogP contribution is -2.39. The van der Waals surface area contributed by atoms with Crippen molar-refractivity contribution in [2.75, 3.05) is 0 Å². The highest BCUT2D eigenvalue weighted by molar-refractivity contribution is 6.05. The van der Waals surface area contributed by atoms with Gasteiger partial charge in [-0.05, 0) is 19.9 Å². The number of aliphatic carboxylic acids is 1. The van der Waals surface area contributed by atoms with Crippen LogP contribution in [0.15, 0.2) is 23.3 Å². The second-order valence-electron chi connectivity index (χ2n) is 4.18. The van der Waals surface area contributed by atoms with Gasteiger partial charge in [-0.15, -0.1) is 0 Å². The molecular formula is C11H15NO4. The number of carbonyl (C=O) groups excluding carboxylic acids is 1. The van der Waals surface area contributed by atoms with E-state index < -0.39 is 23.4 Å². The molecule has 1 aliphatic carbocycles. The van der Waals surface area contributed by atoms with Gasteiger partial charge in [-0.1, -0.05) is 11.6 Å². The van der Waals surface area contributed by atoms with E-state index in [2.05, 4.69) is 0 Å². The minimum atomic E-state index is -1.56. The van der Waals surface area contributed by atoms with Crippen molar-refractivity contribution >= 4 is 11.8 Å². The van der Waals surface area contributed by atoms with E-state index in [1.807, 2.05) is 0 Å². The number of aliphatic hydroxyl groups is 1. The highest BCUT2D eigenvalue weighted by Gasteiger charge is 2.34. The zero-order valence-corrected chi connectivity index (χ0v) is 9.23. The van der Waals surface area contributed by atoms with Gasteiger partial charge in [0.1, 0.15) is 11.6 Å². The van der Waals surface area contributed by atoms with E-state index in [-0.39, 0.29) is 12.0 Å². The molecule has 5 heteroatoms. The van der Waals surface area contributed by atoms with Crippen molar-refractivity contribution in [2.45, 2.75) is 31.9 Å². The average Bonchev–Trinajstić information content (AvgIpc) is 2.12. The summed E-state index contributed by atoms with van der Waals surface area (Å²) in [5.74, 6) is -1.66. The number of hydrogen-bond acceptors (Lipinski definition) is 4. The van der Waals surface area contributed by atoms with Crippen LogP contribution in [0, 0.1) is 0 Å². The third-order valence-electron chi connectivity index (χ3n) is 2.42. The summed E-state index contributed by atoms with van der Waals surface area (Å²) in [5, 5.41) is 18.4. The number of allylic oxidation sites excluding steroid dienone is 2. The number of carboxylic acid groups (broad SMARTS) is 1. The van der Waals surface area contributed by atoms with Gasteiger partial charge in [-0.3, -0.25) is 9.59 Å². The zero-order chi connectivity index (χ0) is 12.5. The molecule has 0 aromatic carbocycles. The Hall–Kier alpha value is -1.46. The first-order valence-corrected chi connectivity index (χ1v) is 4.89. The lowest BCUT2D eigenvalue weighted by Gasteiger charge is -2.25. The molecule has 2 atom stereocenters. The van der Waals surface area contributed by atoms with Crippen LogP contribution < -0.4 is 5.73 Å². The molecule has 4 N–H and O–H groups in total. The number of hydrogen-bond donors (Lipinski definition) is 3. The van der Waals surface area contributed by atoms with Crippen molar-refractivity contribution in [3.63, 3.8) is 0 Å². The average molecular weight is 225 g/mol. The van der Waals surface area contributed by atoms with E-state index in [0.29, 0.717) is 0 Å². The number of Topliss-reactive ketones (excluding diaryl/α,β-unsaturated/α-hetero) is 1. The minimum absolute atomic E-state index is 0.0739. The summed E-state index contributed by atoms with van der Waals surface area (Å²) in [6.45, 7) is 3.10. The third-order valence-corrected chi connectivity index (χ3v) is 2.42. The molecule has 0 fully saturated rings. The molecule has 1 rings (SSSR count). The van der Waals surface area contributed by atoms with E-state index in [1.54, 1.807) is 13.0 Å². The Morgan fingerprint density at radius 3 is 2.69 bits per heavy atom. The smallest absolute Gasteiger partial charge is 0.320 e. The Bertz CT molecular complexity index is 393. The summed E-state index contributed by atoms with van der Waals surface area (Å²) in [7, 11) is 0. The van der Waals surface area contributed by atoms with Crippen molar-refractivity contribution in [3.05, 3.63) is 23.3 Å². The lowest BCUT2D eigenvalue weighted by atomic mass is 9.84. The first-order chi connectivity index (χ1) is 7.24. The summed E-state index contributed by atoms with van der Waals surface area (Å²) in [6.07, 6.45) is 2.92. The highest BCUT2D eigenvalue weighted by Crippen LogP contribution is 2.25. The molecule has 0 spiro atoms. The molecule has 0 saturated carbocycles. The van der Waals surface area contributed by atoms with Crippen LogP contribution >= 0.6 is 0 Å². The first kappa shape index (κ1) is 12.6. The maximum atomic E-state index is 11.7. The minimum Gasteiger partial charge on any atom is -0.480 e. The fraction of sp³-hybridized carbons (Fsp3) is 0.455. The standard InChI is InChI=1S/C11H15NO4/c1-6-3-7(4-8(12)10(14)15)9(13)11(2,16)5-6/h3,5,8,16H,4,12H2,1-2H3,(H,14,15). The Morgan fingerprint density at radius 1 is 1.62 bits per heavy atom. The van der Waals surface area contributed by atoms with E-state index in [9.17, 15) is 14.7 Å². The predicted octanol–water partition coefficient (Wildman–Crippen LogP) is -0.00520. The van der Waals surface area contributed by atoms with Gasteiger partial charge in [0.05, 0.1) is 0 Å². The maximum absolute atomic E-state index is 11.7. The van der Waals surface area contributed by atoms with Gasteiger partial charge in [0, 0.05) is 12.0 Å². The fourth-order valence-electron chi connectivity index (χ4n) is 1.69. The topological polar surface area (TPSA) is 101 Å². The first-order valence-electron chi connectivity index (χ1n) is 4.89. The Labute approximate surface area is 93.3 Å². The maximum Gasteiger partial charge on any atom is 0.320 e. The quantitative estimate of drug-likeness (QED) is 0.627. The lowest BCUT2D eigenvalue weighted by molar-refractivity contribution is -0.138. The summed E-state index contributed by atoms with van der Waals surface area (Å²) in [6, 6.07) is -1.13. The van der Waals surface area contributed by atoms with Crippen LogP contribution in [-0.4, -0.2) is 33.6 Å². The number of rotatable bonds is 3. The van der Waals surface area contributed by atoms with E-state index in [0.717, 1.165) is 5.57 Å². The van der Waals surface area contributed by atoms with Crippen molar-refractivity contribution in [1.82, 2.24) is 0 Å². The molecule has 0 aromatic rings. The van der Waals surface area contributed by atoms with Crippen molar-refractivity contribution in [1.29, 1.82) is 0 Å². The normalized spacial score (nSPS) is 27.1. The third kappa shape index (κ3) is 2.56. The Balaban J connectivity index is 2.93. The van der Waals surface area contributed by atoms with Gasteiger partial charge in [-0.25, -0.2) is 0 Å². The van der Waals surface area contributed by atoms with Crippen LogP contribution in [0.5, 0.6) is 0 Å². The van der Waals surface area contributed by atoms with Gasteiger partial charge >= 0.3 is 5.97 Å². The van der Waals surface area contributed by atoms with Crippen LogP contribution in [-0.2, 0) is 9.59 Å². The molecule has 5 nitrogen and oxygen atoms in total. The molecule has 0 aliphatic heterocycles. The van der Waals surface area contributed by atoms with Crippen molar-refractivity contribution < 1.29 is 19.8 Å². The Morgan fingerprint density at radius 2 is 2.19 bits per heavy atom. The fourth-order valence-corrected chi connectivity index (χ4v) is 1.69. The molecule has 0 aromatic heterocycles. The van der Waals surface area contributed by atoms with Gasteiger partial charge in [0.25, 0.3) is 0 Å². The van der Waals surface area contributed by atoms with Crippen LogP contribution in [0.1, 0.15) is 20.3 Å². The van der Waals surface area contributed by atoms with Crippen LogP contribution in [0.3, 0.4) is 0 Å². The van der Waals surface area contributed by atoms with Crippen molar-refractivity contribution in [3.8, 4) is 0 Å². The van der Waals surface area contributed by atoms with Crippen LogP contribution in [0.25, 0.3) is 0 Å². The molecular weight excluding hydrogens is 210 g/mol.